The molecule has 8 heteroatoms. The Labute approximate surface area is 145 Å². The van der Waals surface area contributed by atoms with Crippen molar-refractivity contribution in [1.29, 1.82) is 5.26 Å². The number of hydrogen-bond acceptors (Lipinski definition) is 5. The molecule has 130 valence electrons. The smallest absolute Gasteiger partial charge is 0.243 e. The van der Waals surface area contributed by atoms with Crippen LogP contribution in [-0.2, 0) is 14.8 Å². The highest BCUT2D eigenvalue weighted by Gasteiger charge is 2.26. The quantitative estimate of drug-likeness (QED) is 0.835. The fraction of sp³-hybridized carbons (Fsp3) is 0.235. The number of nitrogens with zero attached hydrogens (tertiary/aromatic N) is 2. The van der Waals surface area contributed by atoms with Crippen molar-refractivity contribution in [3.05, 3.63) is 53.8 Å². The molecule has 0 aliphatic carbocycles. The molecule has 2 aromatic rings. The van der Waals surface area contributed by atoms with Crippen LogP contribution in [0.15, 0.2) is 47.4 Å². The van der Waals surface area contributed by atoms with Crippen LogP contribution in [0.5, 0.6) is 11.5 Å². The molecule has 25 heavy (non-hydrogen) atoms. The predicted octanol–water partition coefficient (Wildman–Crippen LogP) is 2.51. The summed E-state index contributed by atoms with van der Waals surface area (Å²) in [6.07, 6.45) is 0. The Morgan fingerprint density at radius 2 is 1.80 bits per heavy atom. The molecule has 1 fully saturated rings. The zero-order valence-electron chi connectivity index (χ0n) is 13.2. The van der Waals surface area contributed by atoms with E-state index in [1.807, 2.05) is 0 Å². The van der Waals surface area contributed by atoms with Crippen LogP contribution in [0.2, 0.25) is 0 Å². The molecular weight excluding hydrogens is 347 g/mol. The van der Waals surface area contributed by atoms with Gasteiger partial charge in [0.1, 0.15) is 28.9 Å². The largest absolute Gasteiger partial charge is 0.456 e. The molecule has 0 amide bonds. The van der Waals surface area contributed by atoms with Gasteiger partial charge in [0, 0.05) is 13.1 Å². The average Bonchev–Trinajstić information content (AvgIpc) is 2.63. The minimum atomic E-state index is -3.59. The van der Waals surface area contributed by atoms with Crippen molar-refractivity contribution in [3.8, 4) is 17.6 Å². The number of morpholine rings is 1. The summed E-state index contributed by atoms with van der Waals surface area (Å²) in [7, 11) is -3.59. The van der Waals surface area contributed by atoms with E-state index in [0.29, 0.717) is 32.1 Å². The van der Waals surface area contributed by atoms with E-state index in [4.69, 9.17) is 14.7 Å². The van der Waals surface area contributed by atoms with Crippen LogP contribution in [-0.4, -0.2) is 39.0 Å². The Kier molecular flexibility index (Phi) is 4.99. The van der Waals surface area contributed by atoms with Gasteiger partial charge in [0.15, 0.2) is 0 Å². The van der Waals surface area contributed by atoms with Crippen LogP contribution in [0, 0.1) is 17.1 Å². The molecule has 1 aliphatic heterocycles. The highest BCUT2D eigenvalue weighted by Crippen LogP contribution is 2.28. The van der Waals surface area contributed by atoms with E-state index < -0.39 is 15.8 Å². The van der Waals surface area contributed by atoms with E-state index in [9.17, 15) is 12.8 Å². The van der Waals surface area contributed by atoms with Gasteiger partial charge in [-0.1, -0.05) is 6.07 Å². The van der Waals surface area contributed by atoms with Crippen molar-refractivity contribution in [2.24, 2.45) is 0 Å². The number of halogens is 1. The minimum absolute atomic E-state index is 0.0753. The zero-order chi connectivity index (χ0) is 17.9. The highest BCUT2D eigenvalue weighted by molar-refractivity contribution is 7.89. The van der Waals surface area contributed by atoms with Crippen LogP contribution in [0.3, 0.4) is 0 Å². The molecule has 2 aromatic carbocycles. The third-order valence-electron chi connectivity index (χ3n) is 3.75. The van der Waals surface area contributed by atoms with E-state index >= 15 is 0 Å². The Balaban J connectivity index is 1.81. The number of rotatable bonds is 4. The van der Waals surface area contributed by atoms with Gasteiger partial charge in [0.05, 0.1) is 18.1 Å². The van der Waals surface area contributed by atoms with Gasteiger partial charge in [-0.05, 0) is 36.4 Å². The lowest BCUT2D eigenvalue weighted by Crippen LogP contribution is -2.40. The third kappa shape index (κ3) is 3.64. The summed E-state index contributed by atoms with van der Waals surface area (Å²) in [5, 5.41) is 9.01. The molecule has 0 N–H and O–H groups in total. The van der Waals surface area contributed by atoms with E-state index in [0.717, 1.165) is 0 Å². The van der Waals surface area contributed by atoms with E-state index in [2.05, 4.69) is 0 Å². The summed E-state index contributed by atoms with van der Waals surface area (Å²) in [5.41, 5.74) is -0.201. The number of sulfonamides is 1. The second kappa shape index (κ2) is 7.19. The summed E-state index contributed by atoms with van der Waals surface area (Å²) in [6.45, 7) is 1.37. The fourth-order valence-electron chi connectivity index (χ4n) is 2.44. The van der Waals surface area contributed by atoms with Crippen LogP contribution in [0.4, 0.5) is 4.39 Å². The topological polar surface area (TPSA) is 79.6 Å². The van der Waals surface area contributed by atoms with Gasteiger partial charge in [0.2, 0.25) is 10.0 Å². The first-order chi connectivity index (χ1) is 12.0. The molecule has 0 saturated carbocycles. The lowest BCUT2D eigenvalue weighted by atomic mass is 10.2. The second-order valence-corrected chi connectivity index (χ2v) is 7.25. The Hall–Kier alpha value is -2.47. The molecule has 6 nitrogen and oxygen atoms in total. The Morgan fingerprint density at radius 3 is 2.44 bits per heavy atom. The predicted molar refractivity (Wildman–Crippen MR) is 87.2 cm³/mol. The molecule has 1 aliphatic rings. The van der Waals surface area contributed by atoms with Gasteiger partial charge in [0.25, 0.3) is 0 Å². The summed E-state index contributed by atoms with van der Waals surface area (Å²) in [6, 6.07) is 11.6. The monoisotopic (exact) mass is 362 g/mol. The Bertz CT molecular complexity index is 901. The molecule has 3 rings (SSSR count). The first kappa shape index (κ1) is 17.4. The normalized spacial score (nSPS) is 15.5. The van der Waals surface area contributed by atoms with Gasteiger partial charge < -0.3 is 9.47 Å². The van der Waals surface area contributed by atoms with Crippen molar-refractivity contribution in [2.75, 3.05) is 26.3 Å². The van der Waals surface area contributed by atoms with E-state index in [1.165, 1.54) is 46.8 Å². The molecule has 1 heterocycles. The first-order valence-electron chi connectivity index (χ1n) is 7.57. The Morgan fingerprint density at radius 1 is 1.12 bits per heavy atom. The van der Waals surface area contributed by atoms with Crippen molar-refractivity contribution >= 4 is 10.0 Å². The summed E-state index contributed by atoms with van der Waals surface area (Å²) in [5.74, 6) is -0.291. The number of benzene rings is 2. The molecule has 0 radical (unpaired) electrons. The maximum Gasteiger partial charge on any atom is 0.243 e. The lowest BCUT2D eigenvalue weighted by molar-refractivity contribution is 0.0730. The van der Waals surface area contributed by atoms with E-state index in [1.54, 1.807) is 6.07 Å². The van der Waals surface area contributed by atoms with Gasteiger partial charge in [-0.25, -0.2) is 12.8 Å². The van der Waals surface area contributed by atoms with Crippen LogP contribution in [0.1, 0.15) is 5.56 Å². The lowest BCUT2D eigenvalue weighted by Gasteiger charge is -2.26. The summed E-state index contributed by atoms with van der Waals surface area (Å²) >= 11 is 0. The van der Waals surface area contributed by atoms with Crippen LogP contribution in [0.25, 0.3) is 0 Å². The van der Waals surface area contributed by atoms with Gasteiger partial charge in [-0.2, -0.15) is 9.57 Å². The van der Waals surface area contributed by atoms with Crippen molar-refractivity contribution in [3.63, 3.8) is 0 Å². The molecule has 0 bridgehead atoms. The second-order valence-electron chi connectivity index (χ2n) is 5.31. The SMILES string of the molecule is N#Cc1c(F)cccc1Oc1ccc(S(=O)(=O)N2CCOCC2)cc1. The van der Waals surface area contributed by atoms with Gasteiger partial charge in [-0.3, -0.25) is 0 Å². The molecule has 0 spiro atoms. The summed E-state index contributed by atoms with van der Waals surface area (Å²) < 4.78 is 50.7. The van der Waals surface area contributed by atoms with E-state index in [-0.39, 0.29) is 16.2 Å². The maximum atomic E-state index is 13.6. The molecule has 0 atom stereocenters. The first-order valence-corrected chi connectivity index (χ1v) is 9.01. The average molecular weight is 362 g/mol. The zero-order valence-corrected chi connectivity index (χ0v) is 14.0. The van der Waals surface area contributed by atoms with Gasteiger partial charge in [-0.15, -0.1) is 0 Å². The molecular formula is C17H15FN2O4S. The van der Waals surface area contributed by atoms with Crippen molar-refractivity contribution < 1.29 is 22.3 Å². The van der Waals surface area contributed by atoms with Gasteiger partial charge >= 0.3 is 0 Å². The maximum absolute atomic E-state index is 13.6. The highest BCUT2D eigenvalue weighted by atomic mass is 32.2. The molecule has 1 saturated heterocycles. The molecule has 0 unspecified atom stereocenters. The van der Waals surface area contributed by atoms with Crippen LogP contribution < -0.4 is 4.74 Å². The minimum Gasteiger partial charge on any atom is -0.456 e. The fourth-order valence-corrected chi connectivity index (χ4v) is 3.85. The summed E-state index contributed by atoms with van der Waals surface area (Å²) in [4.78, 5) is 0.140. The van der Waals surface area contributed by atoms with Crippen molar-refractivity contribution in [2.45, 2.75) is 4.90 Å². The van der Waals surface area contributed by atoms with Crippen molar-refractivity contribution in [1.82, 2.24) is 4.31 Å². The van der Waals surface area contributed by atoms with Crippen LogP contribution >= 0.6 is 0 Å². The standard InChI is InChI=1S/C17H15FN2O4S/c18-16-2-1-3-17(15(16)12-19)24-13-4-6-14(7-5-13)25(21,22)20-8-10-23-11-9-20/h1-7H,8-11H2. The number of hydrogen-bond donors (Lipinski definition) is 0. The number of nitriles is 1. The third-order valence-corrected chi connectivity index (χ3v) is 5.66. The molecule has 0 aromatic heterocycles. The number of ether oxygens (including phenoxy) is 2.